The summed E-state index contributed by atoms with van der Waals surface area (Å²) in [5.41, 5.74) is 0. The number of allylic oxidation sites excluding steroid dienone is 1. The number of unbranched alkanes of at least 4 members (excludes halogenated alkanes) is 1. The normalized spacial score (nSPS) is 15.6. The molecular formula is C12H24. The highest BCUT2D eigenvalue weighted by Gasteiger charge is 2.12. The highest BCUT2D eigenvalue weighted by molar-refractivity contribution is 4.75. The van der Waals surface area contributed by atoms with Crippen molar-refractivity contribution in [3.63, 3.8) is 0 Å². The lowest BCUT2D eigenvalue weighted by Crippen LogP contribution is -2.09. The Hall–Kier alpha value is -0.260. The van der Waals surface area contributed by atoms with Crippen molar-refractivity contribution in [2.45, 2.75) is 52.9 Å². The summed E-state index contributed by atoms with van der Waals surface area (Å²) >= 11 is 0. The van der Waals surface area contributed by atoms with Gasteiger partial charge in [0.25, 0.3) is 0 Å². The minimum Gasteiger partial charge on any atom is -0.103 e. The third-order valence-corrected chi connectivity index (χ3v) is 2.80. The summed E-state index contributed by atoms with van der Waals surface area (Å²) in [4.78, 5) is 0. The molecule has 0 rings (SSSR count). The first kappa shape index (κ1) is 11.7. The van der Waals surface area contributed by atoms with E-state index in [1.165, 1.54) is 32.1 Å². The Labute approximate surface area is 78.1 Å². The standard InChI is InChI=1S/C12H24/c1-5-8-10-12(7-3)11(4)9-6-2/h6,11-12H,2,5,7-10H2,1,3-4H3. The molecule has 0 amide bonds. The third kappa shape index (κ3) is 4.58. The van der Waals surface area contributed by atoms with E-state index in [1.54, 1.807) is 0 Å². The molecule has 0 N–H and O–H groups in total. The molecule has 0 aliphatic heterocycles. The largest absolute Gasteiger partial charge is 0.103 e. The SMILES string of the molecule is C=CCC(C)C(CC)CCCC. The van der Waals surface area contributed by atoms with Gasteiger partial charge in [-0.3, -0.25) is 0 Å². The van der Waals surface area contributed by atoms with Crippen molar-refractivity contribution in [1.29, 1.82) is 0 Å². The second kappa shape index (κ2) is 7.39. The van der Waals surface area contributed by atoms with Crippen LogP contribution in [0.1, 0.15) is 52.9 Å². The third-order valence-electron chi connectivity index (χ3n) is 2.80. The van der Waals surface area contributed by atoms with Crippen molar-refractivity contribution in [3.05, 3.63) is 12.7 Å². The molecule has 0 aromatic carbocycles. The van der Waals surface area contributed by atoms with Crippen LogP contribution in [0.15, 0.2) is 12.7 Å². The molecule has 0 spiro atoms. The van der Waals surface area contributed by atoms with Crippen LogP contribution in [-0.2, 0) is 0 Å². The fraction of sp³-hybridized carbons (Fsp3) is 0.833. The maximum Gasteiger partial charge on any atom is -0.0325 e. The number of hydrogen-bond acceptors (Lipinski definition) is 0. The molecule has 0 aromatic rings. The summed E-state index contributed by atoms with van der Waals surface area (Å²) in [6.45, 7) is 10.7. The molecule has 0 aliphatic rings. The highest BCUT2D eigenvalue weighted by Crippen LogP contribution is 2.24. The van der Waals surface area contributed by atoms with E-state index in [0.29, 0.717) is 0 Å². The first-order chi connectivity index (χ1) is 5.76. The van der Waals surface area contributed by atoms with Crippen LogP contribution < -0.4 is 0 Å². The minimum absolute atomic E-state index is 0.832. The molecule has 0 aromatic heterocycles. The van der Waals surface area contributed by atoms with Crippen LogP contribution in [0.4, 0.5) is 0 Å². The lowest BCUT2D eigenvalue weighted by Gasteiger charge is -2.21. The van der Waals surface area contributed by atoms with Crippen molar-refractivity contribution in [2.75, 3.05) is 0 Å². The van der Waals surface area contributed by atoms with E-state index in [-0.39, 0.29) is 0 Å². The molecule has 72 valence electrons. The van der Waals surface area contributed by atoms with Crippen molar-refractivity contribution in [2.24, 2.45) is 11.8 Å². The quantitative estimate of drug-likeness (QED) is 0.494. The van der Waals surface area contributed by atoms with Crippen LogP contribution in [0.5, 0.6) is 0 Å². The van der Waals surface area contributed by atoms with Gasteiger partial charge in [0, 0.05) is 0 Å². The summed E-state index contributed by atoms with van der Waals surface area (Å²) in [5.74, 6) is 1.75. The second-order valence-electron chi connectivity index (χ2n) is 3.81. The van der Waals surface area contributed by atoms with Gasteiger partial charge in [0.2, 0.25) is 0 Å². The first-order valence-electron chi connectivity index (χ1n) is 5.37. The predicted octanol–water partition coefficient (Wildman–Crippen LogP) is 4.42. The zero-order valence-electron chi connectivity index (χ0n) is 8.97. The molecule has 2 atom stereocenters. The van der Waals surface area contributed by atoms with Gasteiger partial charge >= 0.3 is 0 Å². The molecule has 0 nitrogen and oxygen atoms in total. The van der Waals surface area contributed by atoms with Crippen molar-refractivity contribution < 1.29 is 0 Å². The maximum atomic E-state index is 3.80. The van der Waals surface area contributed by atoms with Crippen LogP contribution in [0, 0.1) is 11.8 Å². The topological polar surface area (TPSA) is 0 Å². The van der Waals surface area contributed by atoms with Gasteiger partial charge in [-0.1, -0.05) is 52.5 Å². The van der Waals surface area contributed by atoms with E-state index in [2.05, 4.69) is 33.4 Å². The zero-order chi connectivity index (χ0) is 9.40. The summed E-state index contributed by atoms with van der Waals surface area (Å²) in [6.07, 6.45) is 8.69. The van der Waals surface area contributed by atoms with E-state index in [0.717, 1.165) is 11.8 Å². The summed E-state index contributed by atoms with van der Waals surface area (Å²) < 4.78 is 0. The molecular weight excluding hydrogens is 144 g/mol. The molecule has 0 fully saturated rings. The van der Waals surface area contributed by atoms with Crippen molar-refractivity contribution in [3.8, 4) is 0 Å². The molecule has 2 unspecified atom stereocenters. The van der Waals surface area contributed by atoms with Gasteiger partial charge < -0.3 is 0 Å². The van der Waals surface area contributed by atoms with Crippen LogP contribution in [0.2, 0.25) is 0 Å². The van der Waals surface area contributed by atoms with E-state index in [9.17, 15) is 0 Å². The lowest BCUT2D eigenvalue weighted by molar-refractivity contribution is 0.320. The second-order valence-corrected chi connectivity index (χ2v) is 3.81. The zero-order valence-corrected chi connectivity index (χ0v) is 8.97. The number of hydrogen-bond donors (Lipinski definition) is 0. The Kier molecular flexibility index (Phi) is 7.23. The fourth-order valence-electron chi connectivity index (χ4n) is 1.81. The van der Waals surface area contributed by atoms with Crippen molar-refractivity contribution >= 4 is 0 Å². The van der Waals surface area contributed by atoms with E-state index < -0.39 is 0 Å². The Morgan fingerprint density at radius 1 is 1.33 bits per heavy atom. The summed E-state index contributed by atoms with van der Waals surface area (Å²) in [6, 6.07) is 0. The highest BCUT2D eigenvalue weighted by atomic mass is 14.2. The molecule has 0 saturated heterocycles. The Balaban J connectivity index is 3.69. The van der Waals surface area contributed by atoms with Gasteiger partial charge in [0.05, 0.1) is 0 Å². The smallest absolute Gasteiger partial charge is 0.0325 e. The van der Waals surface area contributed by atoms with Crippen molar-refractivity contribution in [1.82, 2.24) is 0 Å². The monoisotopic (exact) mass is 168 g/mol. The van der Waals surface area contributed by atoms with Gasteiger partial charge in [-0.25, -0.2) is 0 Å². The average Bonchev–Trinajstić information content (AvgIpc) is 2.06. The molecule has 0 saturated carbocycles. The van der Waals surface area contributed by atoms with Crippen LogP contribution in [-0.4, -0.2) is 0 Å². The Morgan fingerprint density at radius 3 is 2.42 bits per heavy atom. The van der Waals surface area contributed by atoms with E-state index in [1.807, 2.05) is 0 Å². The Morgan fingerprint density at radius 2 is 2.00 bits per heavy atom. The summed E-state index contributed by atoms with van der Waals surface area (Å²) in [5, 5.41) is 0. The maximum absolute atomic E-state index is 3.80. The van der Waals surface area contributed by atoms with E-state index >= 15 is 0 Å². The van der Waals surface area contributed by atoms with Gasteiger partial charge in [0.15, 0.2) is 0 Å². The molecule has 0 bridgehead atoms. The number of rotatable bonds is 7. The lowest BCUT2D eigenvalue weighted by atomic mass is 9.85. The van der Waals surface area contributed by atoms with Gasteiger partial charge in [-0.2, -0.15) is 0 Å². The van der Waals surface area contributed by atoms with Gasteiger partial charge in [0.1, 0.15) is 0 Å². The van der Waals surface area contributed by atoms with Gasteiger partial charge in [-0.15, -0.1) is 6.58 Å². The van der Waals surface area contributed by atoms with Crippen LogP contribution >= 0.6 is 0 Å². The molecule has 0 aliphatic carbocycles. The van der Waals surface area contributed by atoms with Gasteiger partial charge in [-0.05, 0) is 18.3 Å². The molecule has 12 heavy (non-hydrogen) atoms. The first-order valence-corrected chi connectivity index (χ1v) is 5.37. The molecule has 0 heterocycles. The molecule has 0 heteroatoms. The minimum atomic E-state index is 0.832. The summed E-state index contributed by atoms with van der Waals surface area (Å²) in [7, 11) is 0. The van der Waals surface area contributed by atoms with Crippen LogP contribution in [0.25, 0.3) is 0 Å². The predicted molar refractivity (Wildman–Crippen MR) is 57.3 cm³/mol. The van der Waals surface area contributed by atoms with E-state index in [4.69, 9.17) is 0 Å². The average molecular weight is 168 g/mol. The molecule has 0 radical (unpaired) electrons. The van der Waals surface area contributed by atoms with Crippen LogP contribution in [0.3, 0.4) is 0 Å². The fourth-order valence-corrected chi connectivity index (χ4v) is 1.81. The Bertz CT molecular complexity index is 105.